The molecule has 0 saturated heterocycles. The van der Waals surface area contributed by atoms with Crippen LogP contribution in [0, 0.1) is 11.8 Å². The fourth-order valence-corrected chi connectivity index (χ4v) is 1.21. The minimum Gasteiger partial charge on any atom is -0.491 e. The number of ether oxygens (including phenoxy) is 2. The van der Waals surface area contributed by atoms with Crippen molar-refractivity contribution in [3.63, 3.8) is 0 Å². The van der Waals surface area contributed by atoms with Gasteiger partial charge < -0.3 is 9.47 Å². The Labute approximate surface area is 102 Å². The van der Waals surface area contributed by atoms with Crippen molar-refractivity contribution < 1.29 is 9.47 Å². The van der Waals surface area contributed by atoms with E-state index in [1.807, 2.05) is 24.3 Å². The zero-order valence-corrected chi connectivity index (χ0v) is 10.1. The fourth-order valence-electron chi connectivity index (χ4n) is 1.12. The maximum absolute atomic E-state index is 5.54. The van der Waals surface area contributed by atoms with Gasteiger partial charge in [0.15, 0.2) is 0 Å². The molecule has 2 nitrogen and oxygen atoms in total. The van der Waals surface area contributed by atoms with E-state index >= 15 is 0 Å². The highest BCUT2D eigenvalue weighted by Crippen LogP contribution is 2.12. The van der Waals surface area contributed by atoms with E-state index in [4.69, 9.17) is 21.1 Å². The molecule has 86 valence electrons. The summed E-state index contributed by atoms with van der Waals surface area (Å²) < 4.78 is 10.4. The first kappa shape index (κ1) is 12.9. The molecule has 1 aromatic carbocycles. The van der Waals surface area contributed by atoms with Gasteiger partial charge in [0.05, 0.1) is 6.61 Å². The Balaban J connectivity index is 2.54. The van der Waals surface area contributed by atoms with Crippen LogP contribution in [0.15, 0.2) is 24.3 Å². The lowest BCUT2D eigenvalue weighted by Gasteiger charge is -2.05. The minimum atomic E-state index is 0.551. The van der Waals surface area contributed by atoms with Crippen molar-refractivity contribution in [3.05, 3.63) is 29.8 Å². The lowest BCUT2D eigenvalue weighted by atomic mass is 10.2. The van der Waals surface area contributed by atoms with Crippen molar-refractivity contribution >= 4 is 11.6 Å². The monoisotopic (exact) mass is 238 g/mol. The highest BCUT2D eigenvalue weighted by molar-refractivity contribution is 6.18. The van der Waals surface area contributed by atoms with Crippen LogP contribution in [0.1, 0.15) is 12.0 Å². The van der Waals surface area contributed by atoms with Gasteiger partial charge in [0.25, 0.3) is 0 Å². The minimum absolute atomic E-state index is 0.551. The molecular formula is C13H15ClO2. The van der Waals surface area contributed by atoms with Crippen molar-refractivity contribution in [1.29, 1.82) is 0 Å². The third-order valence-corrected chi connectivity index (χ3v) is 2.03. The van der Waals surface area contributed by atoms with Crippen LogP contribution in [0.25, 0.3) is 0 Å². The summed E-state index contributed by atoms with van der Waals surface area (Å²) in [5.74, 6) is 7.40. The number of rotatable bonds is 5. The van der Waals surface area contributed by atoms with E-state index in [1.54, 1.807) is 7.11 Å². The van der Waals surface area contributed by atoms with Gasteiger partial charge in [-0.05, 0) is 18.2 Å². The average Bonchev–Trinajstić information content (AvgIpc) is 2.30. The van der Waals surface area contributed by atoms with E-state index < -0.39 is 0 Å². The van der Waals surface area contributed by atoms with Crippen molar-refractivity contribution in [3.8, 4) is 17.6 Å². The zero-order chi connectivity index (χ0) is 11.6. The van der Waals surface area contributed by atoms with Gasteiger partial charge in [0.2, 0.25) is 0 Å². The van der Waals surface area contributed by atoms with Gasteiger partial charge in [0, 0.05) is 25.0 Å². The van der Waals surface area contributed by atoms with Gasteiger partial charge in [0.1, 0.15) is 12.4 Å². The lowest BCUT2D eigenvalue weighted by molar-refractivity contribution is 0.146. The first-order valence-corrected chi connectivity index (χ1v) is 5.67. The molecule has 0 spiro atoms. The molecule has 0 heterocycles. The molecule has 0 saturated carbocycles. The van der Waals surface area contributed by atoms with Crippen LogP contribution in [0.4, 0.5) is 0 Å². The molecule has 0 bridgehead atoms. The van der Waals surface area contributed by atoms with Crippen molar-refractivity contribution in [2.45, 2.75) is 6.42 Å². The second-order valence-electron chi connectivity index (χ2n) is 3.11. The third-order valence-electron chi connectivity index (χ3n) is 1.84. The summed E-state index contributed by atoms with van der Waals surface area (Å²) in [4.78, 5) is 0. The molecule has 0 atom stereocenters. The highest BCUT2D eigenvalue weighted by atomic mass is 35.5. The molecule has 0 radical (unpaired) electrons. The summed E-state index contributed by atoms with van der Waals surface area (Å²) in [6.07, 6.45) is 0.705. The van der Waals surface area contributed by atoms with Gasteiger partial charge in [-0.15, -0.1) is 11.6 Å². The fraction of sp³-hybridized carbons (Fsp3) is 0.385. The molecule has 0 aliphatic heterocycles. The van der Waals surface area contributed by atoms with Gasteiger partial charge in [-0.3, -0.25) is 0 Å². The van der Waals surface area contributed by atoms with Crippen LogP contribution in [-0.2, 0) is 4.74 Å². The quantitative estimate of drug-likeness (QED) is 0.446. The summed E-state index contributed by atoms with van der Waals surface area (Å²) in [7, 11) is 1.65. The van der Waals surface area contributed by atoms with E-state index in [0.29, 0.717) is 25.5 Å². The number of benzene rings is 1. The molecule has 1 rings (SSSR count). The number of halogens is 1. The third kappa shape index (κ3) is 5.06. The highest BCUT2D eigenvalue weighted by Gasteiger charge is 1.94. The molecule has 0 fully saturated rings. The molecule has 0 aliphatic rings. The predicted octanol–water partition coefficient (Wildman–Crippen LogP) is 2.69. The molecule has 0 N–H and O–H groups in total. The van der Waals surface area contributed by atoms with Crippen molar-refractivity contribution in [2.75, 3.05) is 26.2 Å². The first-order valence-electron chi connectivity index (χ1n) is 5.13. The Bertz CT molecular complexity index is 366. The van der Waals surface area contributed by atoms with E-state index in [2.05, 4.69) is 11.8 Å². The van der Waals surface area contributed by atoms with Crippen LogP contribution in [0.3, 0.4) is 0 Å². The molecule has 3 heteroatoms. The Kier molecular flexibility index (Phi) is 6.48. The number of hydrogen-bond donors (Lipinski definition) is 0. The van der Waals surface area contributed by atoms with E-state index in [9.17, 15) is 0 Å². The molecule has 1 aromatic rings. The first-order chi connectivity index (χ1) is 7.86. The van der Waals surface area contributed by atoms with Crippen LogP contribution in [0.5, 0.6) is 5.75 Å². The lowest BCUT2D eigenvalue weighted by Crippen LogP contribution is -2.04. The van der Waals surface area contributed by atoms with E-state index in [1.165, 1.54) is 0 Å². The summed E-state index contributed by atoms with van der Waals surface area (Å²) in [5.41, 5.74) is 0.944. The smallest absolute Gasteiger partial charge is 0.120 e. The van der Waals surface area contributed by atoms with Crippen LogP contribution >= 0.6 is 11.6 Å². The molecule has 0 aromatic heterocycles. The Morgan fingerprint density at radius 1 is 1.31 bits per heavy atom. The van der Waals surface area contributed by atoms with Gasteiger partial charge in [-0.2, -0.15) is 0 Å². The molecule has 0 aliphatic carbocycles. The molecular weight excluding hydrogens is 224 g/mol. The van der Waals surface area contributed by atoms with Crippen LogP contribution < -0.4 is 4.74 Å². The molecule has 0 amide bonds. The van der Waals surface area contributed by atoms with Crippen LogP contribution in [-0.4, -0.2) is 26.2 Å². The number of alkyl halides is 1. The molecule has 16 heavy (non-hydrogen) atoms. The summed E-state index contributed by atoms with van der Waals surface area (Å²) in [6.45, 7) is 1.14. The maximum Gasteiger partial charge on any atom is 0.120 e. The Morgan fingerprint density at radius 3 is 2.94 bits per heavy atom. The Hall–Kier alpha value is -1.17. The van der Waals surface area contributed by atoms with Crippen molar-refractivity contribution in [2.24, 2.45) is 0 Å². The zero-order valence-electron chi connectivity index (χ0n) is 9.33. The SMILES string of the molecule is COCCOc1cccc(C#CCCCl)c1. The number of methoxy groups -OCH3 is 1. The van der Waals surface area contributed by atoms with Crippen LogP contribution in [0.2, 0.25) is 0 Å². The average molecular weight is 239 g/mol. The Morgan fingerprint density at radius 2 is 2.19 bits per heavy atom. The van der Waals surface area contributed by atoms with Gasteiger partial charge in [-0.25, -0.2) is 0 Å². The van der Waals surface area contributed by atoms with Crippen molar-refractivity contribution in [1.82, 2.24) is 0 Å². The van der Waals surface area contributed by atoms with Gasteiger partial charge >= 0.3 is 0 Å². The second-order valence-corrected chi connectivity index (χ2v) is 3.49. The van der Waals surface area contributed by atoms with E-state index in [0.717, 1.165) is 11.3 Å². The van der Waals surface area contributed by atoms with Gasteiger partial charge in [-0.1, -0.05) is 17.9 Å². The maximum atomic E-state index is 5.54. The predicted molar refractivity (Wildman–Crippen MR) is 66.0 cm³/mol. The normalized spacial score (nSPS) is 9.38. The van der Waals surface area contributed by atoms with E-state index in [-0.39, 0.29) is 0 Å². The second kappa shape index (κ2) is 8.04. The number of hydrogen-bond acceptors (Lipinski definition) is 2. The summed E-state index contributed by atoms with van der Waals surface area (Å²) in [5, 5.41) is 0. The molecule has 0 unspecified atom stereocenters. The standard InChI is InChI=1S/C13H15ClO2/c1-15-9-10-16-13-7-4-6-12(11-13)5-2-3-8-14/h4,6-7,11H,3,8-10H2,1H3. The summed E-state index contributed by atoms with van der Waals surface area (Å²) in [6, 6.07) is 7.69. The topological polar surface area (TPSA) is 18.5 Å². The largest absolute Gasteiger partial charge is 0.491 e. The summed E-state index contributed by atoms with van der Waals surface area (Å²) >= 11 is 5.54.